The molecule has 5 heteroatoms. The molecule has 0 saturated carbocycles. The van der Waals surface area contributed by atoms with Crippen molar-refractivity contribution in [1.82, 2.24) is 9.97 Å². The number of fused-ring (bicyclic) bond motifs is 3. The van der Waals surface area contributed by atoms with E-state index in [9.17, 15) is 0 Å². The Labute approximate surface area is 155 Å². The van der Waals surface area contributed by atoms with Crippen molar-refractivity contribution in [3.8, 4) is 0 Å². The molecule has 0 spiro atoms. The van der Waals surface area contributed by atoms with Gasteiger partial charge in [-0.15, -0.1) is 11.3 Å². The summed E-state index contributed by atoms with van der Waals surface area (Å²) in [6.07, 6.45) is 3.49. The van der Waals surface area contributed by atoms with Crippen LogP contribution in [0.25, 0.3) is 10.2 Å². The number of halogens is 1. The van der Waals surface area contributed by atoms with Crippen LogP contribution in [0.5, 0.6) is 0 Å². The van der Waals surface area contributed by atoms with Crippen LogP contribution in [0.2, 0.25) is 5.15 Å². The first-order valence-electron chi connectivity index (χ1n) is 8.27. The van der Waals surface area contributed by atoms with E-state index in [2.05, 4.69) is 43.1 Å². The summed E-state index contributed by atoms with van der Waals surface area (Å²) < 4.78 is 0. The van der Waals surface area contributed by atoms with Gasteiger partial charge in [0.25, 0.3) is 0 Å². The van der Waals surface area contributed by atoms with Gasteiger partial charge in [0.05, 0.1) is 5.39 Å². The lowest BCUT2D eigenvalue weighted by Crippen LogP contribution is -2.08. The van der Waals surface area contributed by atoms with Gasteiger partial charge in [-0.1, -0.05) is 54.6 Å². The zero-order chi connectivity index (χ0) is 16.7. The molecule has 0 radical (unpaired) electrons. The van der Waals surface area contributed by atoms with Gasteiger partial charge in [0.15, 0.2) is 5.16 Å². The molecule has 3 aromatic rings. The van der Waals surface area contributed by atoms with Crippen LogP contribution in [0.4, 0.5) is 0 Å². The quantitative estimate of drug-likeness (QED) is 0.316. The lowest BCUT2D eigenvalue weighted by atomic mass is 9.89. The number of rotatable bonds is 3. The molecule has 1 aromatic carbocycles. The smallest absolute Gasteiger partial charge is 0.190 e. The lowest BCUT2D eigenvalue weighted by Gasteiger charge is -2.17. The molecule has 1 unspecified atom stereocenters. The summed E-state index contributed by atoms with van der Waals surface area (Å²) in [7, 11) is 0. The minimum atomic E-state index is 0.624. The van der Waals surface area contributed by atoms with Gasteiger partial charge in [0.2, 0.25) is 0 Å². The van der Waals surface area contributed by atoms with E-state index in [1.165, 1.54) is 28.0 Å². The molecule has 0 bridgehead atoms. The number of thiophene rings is 1. The summed E-state index contributed by atoms with van der Waals surface area (Å²) in [5.74, 6) is 1.63. The van der Waals surface area contributed by atoms with Crippen molar-refractivity contribution in [1.29, 1.82) is 0 Å². The molecule has 4 rings (SSSR count). The molecule has 0 amide bonds. The molecule has 2 nitrogen and oxygen atoms in total. The summed E-state index contributed by atoms with van der Waals surface area (Å²) in [5.41, 5.74) is 4.02. The Balaban J connectivity index is 1.64. The first-order valence-corrected chi connectivity index (χ1v) is 10.4. The van der Waals surface area contributed by atoms with Gasteiger partial charge >= 0.3 is 0 Å². The van der Waals surface area contributed by atoms with E-state index in [0.29, 0.717) is 5.15 Å². The highest BCUT2D eigenvalue weighted by Gasteiger charge is 2.23. The third-order valence-electron chi connectivity index (χ3n) is 4.71. The summed E-state index contributed by atoms with van der Waals surface area (Å²) >= 11 is 10.0. The Kier molecular flexibility index (Phi) is 4.54. The van der Waals surface area contributed by atoms with E-state index in [1.54, 1.807) is 11.8 Å². The van der Waals surface area contributed by atoms with E-state index >= 15 is 0 Å². The number of aromatic nitrogens is 2. The van der Waals surface area contributed by atoms with E-state index in [4.69, 9.17) is 16.6 Å². The van der Waals surface area contributed by atoms with Crippen molar-refractivity contribution >= 4 is 44.9 Å². The Morgan fingerprint density at radius 1 is 1.29 bits per heavy atom. The van der Waals surface area contributed by atoms with E-state index in [-0.39, 0.29) is 0 Å². The maximum Gasteiger partial charge on any atom is 0.190 e. The minimum Gasteiger partial charge on any atom is -0.211 e. The second-order valence-electron chi connectivity index (χ2n) is 6.54. The molecular weight excluding hydrogens is 356 g/mol. The van der Waals surface area contributed by atoms with Gasteiger partial charge in [-0.05, 0) is 48.8 Å². The van der Waals surface area contributed by atoms with Crippen LogP contribution in [0, 0.1) is 12.8 Å². The fourth-order valence-corrected chi connectivity index (χ4v) is 6.01. The molecule has 0 N–H and O–H groups in total. The Bertz CT molecular complexity index is 904. The summed E-state index contributed by atoms with van der Waals surface area (Å²) in [6, 6.07) is 8.45. The van der Waals surface area contributed by atoms with Crippen molar-refractivity contribution in [2.75, 3.05) is 0 Å². The highest BCUT2D eigenvalue weighted by molar-refractivity contribution is 7.98. The molecule has 1 aliphatic rings. The molecule has 2 aromatic heterocycles. The molecule has 2 heterocycles. The van der Waals surface area contributed by atoms with Crippen molar-refractivity contribution < 1.29 is 0 Å². The van der Waals surface area contributed by atoms with Crippen molar-refractivity contribution in [3.63, 3.8) is 0 Å². The van der Waals surface area contributed by atoms with Gasteiger partial charge in [-0.25, -0.2) is 9.97 Å². The third kappa shape index (κ3) is 3.07. The number of hydrogen-bond donors (Lipinski definition) is 0. The van der Waals surface area contributed by atoms with Crippen LogP contribution in [0.1, 0.15) is 34.9 Å². The molecule has 0 aliphatic heterocycles. The van der Waals surface area contributed by atoms with E-state index in [1.807, 2.05) is 11.3 Å². The van der Waals surface area contributed by atoms with E-state index < -0.39 is 0 Å². The van der Waals surface area contributed by atoms with Crippen molar-refractivity contribution in [2.45, 2.75) is 44.0 Å². The topological polar surface area (TPSA) is 25.8 Å². The fraction of sp³-hybridized carbons (Fsp3) is 0.368. The SMILES string of the molecule is Cc1ccccc1CSc1nc(Cl)c2c3c(sc2n1)CC(C)CC3. The second kappa shape index (κ2) is 6.66. The van der Waals surface area contributed by atoms with Gasteiger partial charge in [-0.3, -0.25) is 0 Å². The number of thioether (sulfide) groups is 1. The van der Waals surface area contributed by atoms with Gasteiger partial charge < -0.3 is 0 Å². The van der Waals surface area contributed by atoms with Gasteiger partial charge in [0, 0.05) is 10.6 Å². The van der Waals surface area contributed by atoms with Crippen LogP contribution in [-0.2, 0) is 18.6 Å². The number of benzene rings is 1. The first-order chi connectivity index (χ1) is 11.6. The average molecular weight is 375 g/mol. The Hall–Kier alpha value is -1.10. The molecule has 0 saturated heterocycles. The summed E-state index contributed by atoms with van der Waals surface area (Å²) in [5, 5.41) is 2.51. The standard InChI is InChI=1S/C19H19ClN2S2/c1-11-7-8-14-15(9-11)24-18-16(14)17(20)21-19(22-18)23-10-13-6-4-3-5-12(13)2/h3-6,11H,7-10H2,1-2H3. The molecule has 124 valence electrons. The zero-order valence-corrected chi connectivity index (χ0v) is 16.2. The second-order valence-corrected chi connectivity index (χ2v) is 8.93. The van der Waals surface area contributed by atoms with Crippen molar-refractivity contribution in [3.05, 3.63) is 51.0 Å². The van der Waals surface area contributed by atoms with E-state index in [0.717, 1.165) is 39.9 Å². The van der Waals surface area contributed by atoms with Gasteiger partial charge in [0.1, 0.15) is 9.98 Å². The monoisotopic (exact) mass is 374 g/mol. The number of nitrogens with zero attached hydrogens (tertiary/aromatic N) is 2. The number of hydrogen-bond acceptors (Lipinski definition) is 4. The predicted molar refractivity (Wildman–Crippen MR) is 104 cm³/mol. The molecule has 24 heavy (non-hydrogen) atoms. The maximum absolute atomic E-state index is 6.53. The highest BCUT2D eigenvalue weighted by Crippen LogP contribution is 2.40. The normalized spacial score (nSPS) is 17.2. The largest absolute Gasteiger partial charge is 0.211 e. The van der Waals surface area contributed by atoms with Crippen LogP contribution in [-0.4, -0.2) is 9.97 Å². The maximum atomic E-state index is 6.53. The first kappa shape index (κ1) is 16.4. The summed E-state index contributed by atoms with van der Waals surface area (Å²) in [4.78, 5) is 11.9. The van der Waals surface area contributed by atoms with Crippen LogP contribution >= 0.6 is 34.7 Å². The molecule has 1 aliphatic carbocycles. The number of aryl methyl sites for hydroxylation is 2. The Morgan fingerprint density at radius 2 is 2.12 bits per heavy atom. The average Bonchev–Trinajstić information content (AvgIpc) is 2.91. The van der Waals surface area contributed by atoms with Crippen LogP contribution in [0.3, 0.4) is 0 Å². The highest BCUT2D eigenvalue weighted by atomic mass is 35.5. The van der Waals surface area contributed by atoms with Crippen LogP contribution in [0.15, 0.2) is 29.4 Å². The van der Waals surface area contributed by atoms with Gasteiger partial charge in [-0.2, -0.15) is 0 Å². The molecular formula is C19H19ClN2S2. The zero-order valence-electron chi connectivity index (χ0n) is 13.8. The minimum absolute atomic E-state index is 0.624. The summed E-state index contributed by atoms with van der Waals surface area (Å²) in [6.45, 7) is 4.46. The fourth-order valence-electron chi connectivity index (χ4n) is 3.26. The predicted octanol–water partition coefficient (Wildman–Crippen LogP) is 6.07. The lowest BCUT2D eigenvalue weighted by molar-refractivity contribution is 0.509. The molecule has 0 fully saturated rings. The third-order valence-corrected chi connectivity index (χ3v) is 7.03. The molecule has 1 atom stereocenters. The Morgan fingerprint density at radius 3 is 2.96 bits per heavy atom. The van der Waals surface area contributed by atoms with Crippen LogP contribution < -0.4 is 0 Å². The van der Waals surface area contributed by atoms with Crippen molar-refractivity contribution in [2.24, 2.45) is 5.92 Å².